The Hall–Kier alpha value is -1.59. The highest BCUT2D eigenvalue weighted by molar-refractivity contribution is 9.10. The zero-order valence-electron chi connectivity index (χ0n) is 12.6. The SMILES string of the molecule is CNCCN(C)C(=O)c1ccc(-c2ccccc2Br)n1C. The number of nitrogens with zero attached hydrogens (tertiary/aromatic N) is 2. The van der Waals surface area contributed by atoms with E-state index in [4.69, 9.17) is 0 Å². The summed E-state index contributed by atoms with van der Waals surface area (Å²) < 4.78 is 2.96. The highest BCUT2D eigenvalue weighted by Crippen LogP contribution is 2.29. The monoisotopic (exact) mass is 349 g/mol. The Labute approximate surface area is 133 Å². The smallest absolute Gasteiger partial charge is 0.270 e. The molecule has 0 radical (unpaired) electrons. The minimum absolute atomic E-state index is 0.0334. The first-order chi connectivity index (χ1) is 10.1. The van der Waals surface area contributed by atoms with Crippen LogP contribution in [0.25, 0.3) is 11.3 Å². The number of aromatic nitrogens is 1. The second-order valence-corrected chi connectivity index (χ2v) is 5.83. The molecule has 2 rings (SSSR count). The summed E-state index contributed by atoms with van der Waals surface area (Å²) in [5.74, 6) is 0.0334. The molecule has 0 aliphatic rings. The Kier molecular flexibility index (Phi) is 5.20. The summed E-state index contributed by atoms with van der Waals surface area (Å²) in [7, 11) is 5.63. The minimum atomic E-state index is 0.0334. The third-order valence-electron chi connectivity index (χ3n) is 3.53. The Balaban J connectivity index is 2.29. The molecule has 1 N–H and O–H groups in total. The van der Waals surface area contributed by atoms with E-state index in [1.807, 2.05) is 62.1 Å². The normalized spacial score (nSPS) is 10.7. The van der Waals surface area contributed by atoms with Gasteiger partial charge in [-0.15, -0.1) is 0 Å². The Morgan fingerprint density at radius 2 is 2.00 bits per heavy atom. The van der Waals surface area contributed by atoms with E-state index in [9.17, 15) is 4.79 Å². The van der Waals surface area contributed by atoms with Gasteiger partial charge >= 0.3 is 0 Å². The first-order valence-electron chi connectivity index (χ1n) is 6.87. The molecule has 0 saturated carbocycles. The lowest BCUT2D eigenvalue weighted by Gasteiger charge is -2.18. The molecule has 1 amide bonds. The number of hydrogen-bond acceptors (Lipinski definition) is 2. The lowest BCUT2D eigenvalue weighted by Crippen LogP contribution is -2.33. The topological polar surface area (TPSA) is 37.3 Å². The van der Waals surface area contributed by atoms with E-state index >= 15 is 0 Å². The quantitative estimate of drug-likeness (QED) is 0.900. The first kappa shape index (κ1) is 15.8. The van der Waals surface area contributed by atoms with Crippen LogP contribution in [0.3, 0.4) is 0 Å². The highest BCUT2D eigenvalue weighted by atomic mass is 79.9. The standard InChI is InChI=1S/C16H20BrN3O/c1-18-10-11-19(2)16(21)15-9-8-14(20(15)3)12-6-4-5-7-13(12)17/h4-9,18H,10-11H2,1-3H3. The molecule has 2 aromatic rings. The Morgan fingerprint density at radius 1 is 1.29 bits per heavy atom. The number of halogens is 1. The van der Waals surface area contributed by atoms with Gasteiger partial charge in [0.2, 0.25) is 0 Å². The average molecular weight is 350 g/mol. The van der Waals surface area contributed by atoms with E-state index in [1.54, 1.807) is 4.90 Å². The van der Waals surface area contributed by atoms with Crippen molar-refractivity contribution in [3.8, 4) is 11.3 Å². The number of benzene rings is 1. The van der Waals surface area contributed by atoms with Crippen LogP contribution in [0.1, 0.15) is 10.5 Å². The van der Waals surface area contributed by atoms with Crippen molar-refractivity contribution in [2.24, 2.45) is 7.05 Å². The van der Waals surface area contributed by atoms with Crippen molar-refractivity contribution in [1.82, 2.24) is 14.8 Å². The van der Waals surface area contributed by atoms with Gasteiger partial charge in [-0.05, 0) is 25.2 Å². The predicted molar refractivity (Wildman–Crippen MR) is 89.4 cm³/mol. The van der Waals surface area contributed by atoms with Crippen LogP contribution >= 0.6 is 15.9 Å². The lowest BCUT2D eigenvalue weighted by atomic mass is 10.1. The number of rotatable bonds is 5. The van der Waals surface area contributed by atoms with Crippen LogP contribution < -0.4 is 5.32 Å². The fraction of sp³-hybridized carbons (Fsp3) is 0.312. The van der Waals surface area contributed by atoms with Gasteiger partial charge in [0.05, 0.1) is 0 Å². The van der Waals surface area contributed by atoms with Crippen molar-refractivity contribution < 1.29 is 4.79 Å². The van der Waals surface area contributed by atoms with Crippen LogP contribution in [0.5, 0.6) is 0 Å². The molecule has 21 heavy (non-hydrogen) atoms. The molecular formula is C16H20BrN3O. The van der Waals surface area contributed by atoms with Gasteiger partial charge in [0.15, 0.2) is 0 Å². The number of hydrogen-bond donors (Lipinski definition) is 1. The van der Waals surface area contributed by atoms with Crippen LogP contribution in [0.15, 0.2) is 40.9 Å². The number of carbonyl (C=O) groups is 1. The molecular weight excluding hydrogens is 330 g/mol. The lowest BCUT2D eigenvalue weighted by molar-refractivity contribution is 0.0787. The second-order valence-electron chi connectivity index (χ2n) is 4.97. The summed E-state index contributed by atoms with van der Waals surface area (Å²) in [5, 5.41) is 3.05. The van der Waals surface area contributed by atoms with Gasteiger partial charge in [-0.3, -0.25) is 4.79 Å². The molecule has 5 heteroatoms. The maximum atomic E-state index is 12.5. The third-order valence-corrected chi connectivity index (χ3v) is 4.23. The van der Waals surface area contributed by atoms with Crippen molar-refractivity contribution in [3.63, 3.8) is 0 Å². The van der Waals surface area contributed by atoms with Gasteiger partial charge in [-0.2, -0.15) is 0 Å². The fourth-order valence-electron chi connectivity index (χ4n) is 2.24. The number of nitrogens with one attached hydrogen (secondary N) is 1. The van der Waals surface area contributed by atoms with E-state index in [0.717, 1.165) is 22.3 Å². The van der Waals surface area contributed by atoms with Gasteiger partial charge in [0.1, 0.15) is 5.69 Å². The van der Waals surface area contributed by atoms with Crippen molar-refractivity contribution in [2.45, 2.75) is 0 Å². The second kappa shape index (κ2) is 6.91. The summed E-state index contributed by atoms with van der Waals surface area (Å²) in [6.07, 6.45) is 0. The zero-order chi connectivity index (χ0) is 15.4. The molecule has 1 aromatic carbocycles. The molecule has 0 spiro atoms. The summed E-state index contributed by atoms with van der Waals surface area (Å²) >= 11 is 3.56. The molecule has 0 aliphatic carbocycles. The van der Waals surface area contributed by atoms with Crippen molar-refractivity contribution in [3.05, 3.63) is 46.6 Å². The minimum Gasteiger partial charge on any atom is -0.340 e. The molecule has 0 unspecified atom stereocenters. The molecule has 1 heterocycles. The number of carbonyl (C=O) groups excluding carboxylic acids is 1. The zero-order valence-corrected chi connectivity index (χ0v) is 14.1. The molecule has 1 aromatic heterocycles. The highest BCUT2D eigenvalue weighted by Gasteiger charge is 2.17. The van der Waals surface area contributed by atoms with Crippen molar-refractivity contribution in [1.29, 1.82) is 0 Å². The summed E-state index contributed by atoms with van der Waals surface area (Å²) in [6, 6.07) is 11.9. The fourth-order valence-corrected chi connectivity index (χ4v) is 2.73. The maximum absolute atomic E-state index is 12.5. The largest absolute Gasteiger partial charge is 0.340 e. The van der Waals surface area contributed by atoms with Crippen molar-refractivity contribution >= 4 is 21.8 Å². The summed E-state index contributed by atoms with van der Waals surface area (Å²) in [5.41, 5.74) is 2.80. The molecule has 4 nitrogen and oxygen atoms in total. The summed E-state index contributed by atoms with van der Waals surface area (Å²) in [4.78, 5) is 14.2. The molecule has 0 saturated heterocycles. The average Bonchev–Trinajstić information content (AvgIpc) is 2.86. The number of likely N-dealkylation sites (N-methyl/N-ethyl adjacent to an activating group) is 2. The van der Waals surface area contributed by atoms with Crippen LogP contribution in [0.4, 0.5) is 0 Å². The Morgan fingerprint density at radius 3 is 2.67 bits per heavy atom. The van der Waals surface area contributed by atoms with Gasteiger partial charge in [-0.1, -0.05) is 34.1 Å². The third kappa shape index (κ3) is 3.36. The van der Waals surface area contributed by atoms with E-state index in [0.29, 0.717) is 12.2 Å². The van der Waals surface area contributed by atoms with Gasteiger partial charge in [0, 0.05) is 42.9 Å². The molecule has 0 bridgehead atoms. The molecule has 0 atom stereocenters. The van der Waals surface area contributed by atoms with Crippen LogP contribution in [0.2, 0.25) is 0 Å². The van der Waals surface area contributed by atoms with Crippen LogP contribution in [0, 0.1) is 0 Å². The molecule has 112 valence electrons. The van der Waals surface area contributed by atoms with E-state index in [1.165, 1.54) is 0 Å². The van der Waals surface area contributed by atoms with E-state index in [2.05, 4.69) is 21.2 Å². The van der Waals surface area contributed by atoms with Crippen LogP contribution in [-0.2, 0) is 7.05 Å². The van der Waals surface area contributed by atoms with Gasteiger partial charge in [0.25, 0.3) is 5.91 Å². The first-order valence-corrected chi connectivity index (χ1v) is 7.66. The van der Waals surface area contributed by atoms with E-state index in [-0.39, 0.29) is 5.91 Å². The van der Waals surface area contributed by atoms with E-state index < -0.39 is 0 Å². The predicted octanol–water partition coefficient (Wildman–Crippen LogP) is 2.75. The van der Waals surface area contributed by atoms with Gasteiger partial charge < -0.3 is 14.8 Å². The maximum Gasteiger partial charge on any atom is 0.270 e. The summed E-state index contributed by atoms with van der Waals surface area (Å²) in [6.45, 7) is 1.47. The number of amides is 1. The van der Waals surface area contributed by atoms with Crippen LogP contribution in [-0.4, -0.2) is 42.6 Å². The van der Waals surface area contributed by atoms with Crippen molar-refractivity contribution in [2.75, 3.05) is 27.2 Å². The van der Waals surface area contributed by atoms with Gasteiger partial charge in [-0.25, -0.2) is 0 Å². The molecule has 0 aliphatic heterocycles. The molecule has 0 fully saturated rings. The Bertz CT molecular complexity index is 636.